The average Bonchev–Trinajstić information content (AvgIpc) is 3.07. The van der Waals surface area contributed by atoms with Crippen molar-refractivity contribution in [3.8, 4) is 11.5 Å². The van der Waals surface area contributed by atoms with Crippen LogP contribution in [0.5, 0.6) is 0 Å². The third-order valence-electron chi connectivity index (χ3n) is 4.20. The fourth-order valence-electron chi connectivity index (χ4n) is 2.91. The predicted molar refractivity (Wildman–Crippen MR) is 89.2 cm³/mol. The van der Waals surface area contributed by atoms with Gasteiger partial charge in [-0.1, -0.05) is 24.1 Å². The highest BCUT2D eigenvalue weighted by Crippen LogP contribution is 2.35. The molecule has 0 radical (unpaired) electrons. The van der Waals surface area contributed by atoms with Gasteiger partial charge in [-0.05, 0) is 37.5 Å². The number of hydrogen-bond acceptors (Lipinski definition) is 6. The molecule has 23 heavy (non-hydrogen) atoms. The van der Waals surface area contributed by atoms with E-state index in [2.05, 4.69) is 10.1 Å². The van der Waals surface area contributed by atoms with Gasteiger partial charge in [0.05, 0.1) is 10.4 Å². The van der Waals surface area contributed by atoms with Crippen LogP contribution in [0.3, 0.4) is 0 Å². The Kier molecular flexibility index (Phi) is 4.84. The Morgan fingerprint density at radius 1 is 1.26 bits per heavy atom. The molecule has 1 saturated carbocycles. The van der Waals surface area contributed by atoms with E-state index in [4.69, 9.17) is 10.3 Å². The van der Waals surface area contributed by atoms with Crippen molar-refractivity contribution in [2.75, 3.05) is 6.26 Å². The highest BCUT2D eigenvalue weighted by atomic mass is 35.5. The van der Waals surface area contributed by atoms with E-state index in [1.807, 2.05) is 0 Å². The van der Waals surface area contributed by atoms with Crippen LogP contribution in [0.1, 0.15) is 37.1 Å². The number of aromatic nitrogens is 2. The van der Waals surface area contributed by atoms with E-state index in [0.717, 1.165) is 25.7 Å². The minimum absolute atomic E-state index is 0. The van der Waals surface area contributed by atoms with Gasteiger partial charge in [-0.15, -0.1) is 12.4 Å². The minimum Gasteiger partial charge on any atom is -0.334 e. The number of halogens is 1. The molecule has 8 heteroatoms. The number of rotatable bonds is 3. The number of nitrogens with two attached hydrogens (primary N) is 1. The molecule has 3 rings (SSSR count). The second kappa shape index (κ2) is 6.22. The first-order valence-electron chi connectivity index (χ1n) is 7.24. The third-order valence-corrected chi connectivity index (χ3v) is 5.44. The molecule has 126 valence electrons. The van der Waals surface area contributed by atoms with Gasteiger partial charge >= 0.3 is 0 Å². The van der Waals surface area contributed by atoms with Crippen LogP contribution in [0.4, 0.5) is 0 Å². The van der Waals surface area contributed by atoms with Gasteiger partial charge in [0.15, 0.2) is 15.7 Å². The normalized spacial score (nSPS) is 17.0. The van der Waals surface area contributed by atoms with Crippen molar-refractivity contribution in [3.63, 3.8) is 0 Å². The van der Waals surface area contributed by atoms with Crippen molar-refractivity contribution >= 4 is 22.2 Å². The summed E-state index contributed by atoms with van der Waals surface area (Å²) in [5, 5.41) is 4.00. The molecular formula is C15H20ClN3O3S. The lowest BCUT2D eigenvalue weighted by Crippen LogP contribution is -2.34. The first kappa shape index (κ1) is 17.9. The molecular weight excluding hydrogens is 338 g/mol. The summed E-state index contributed by atoms with van der Waals surface area (Å²) in [6.07, 6.45) is 4.99. The maximum atomic E-state index is 11.8. The van der Waals surface area contributed by atoms with Crippen LogP contribution in [0.25, 0.3) is 11.5 Å². The zero-order valence-electron chi connectivity index (χ0n) is 13.1. The quantitative estimate of drug-likeness (QED) is 0.906. The van der Waals surface area contributed by atoms with E-state index in [1.54, 1.807) is 25.1 Å². The molecule has 1 heterocycles. The van der Waals surface area contributed by atoms with E-state index in [1.165, 1.54) is 6.26 Å². The first-order chi connectivity index (χ1) is 10.3. The lowest BCUT2D eigenvalue weighted by Gasteiger charge is -2.17. The van der Waals surface area contributed by atoms with Crippen LogP contribution in [0.15, 0.2) is 27.6 Å². The minimum atomic E-state index is -3.30. The second-order valence-corrected chi connectivity index (χ2v) is 8.02. The van der Waals surface area contributed by atoms with Crippen molar-refractivity contribution in [2.24, 2.45) is 5.73 Å². The second-order valence-electron chi connectivity index (χ2n) is 6.04. The van der Waals surface area contributed by atoms with Gasteiger partial charge < -0.3 is 10.3 Å². The summed E-state index contributed by atoms with van der Waals surface area (Å²) in [5.41, 5.74) is 7.07. The molecule has 0 spiro atoms. The summed E-state index contributed by atoms with van der Waals surface area (Å²) in [6, 6.07) is 5.09. The van der Waals surface area contributed by atoms with E-state index in [-0.39, 0.29) is 17.3 Å². The standard InChI is InChI=1S/C15H19N3O3S.ClH/c1-10-5-6-11(9-12(10)22(2,19)20)13-17-14(18-21-13)15(16)7-3-4-8-15;/h5-6,9H,3-4,7-8,16H2,1-2H3;1H. The number of benzene rings is 1. The maximum Gasteiger partial charge on any atom is 0.258 e. The van der Waals surface area contributed by atoms with Crippen LogP contribution in [0, 0.1) is 6.92 Å². The van der Waals surface area contributed by atoms with Crippen LogP contribution in [-0.4, -0.2) is 24.8 Å². The molecule has 1 aromatic heterocycles. The Morgan fingerprint density at radius 3 is 2.52 bits per heavy atom. The Balaban J connectivity index is 0.00000192. The third kappa shape index (κ3) is 3.41. The molecule has 6 nitrogen and oxygen atoms in total. The van der Waals surface area contributed by atoms with Crippen LogP contribution < -0.4 is 5.73 Å². The van der Waals surface area contributed by atoms with Gasteiger partial charge in [0.1, 0.15) is 0 Å². The summed E-state index contributed by atoms with van der Waals surface area (Å²) in [6.45, 7) is 1.76. The Hall–Kier alpha value is -1.44. The lowest BCUT2D eigenvalue weighted by atomic mass is 9.99. The Labute approximate surface area is 141 Å². The summed E-state index contributed by atoms with van der Waals surface area (Å²) < 4.78 is 28.9. The zero-order valence-corrected chi connectivity index (χ0v) is 14.7. The molecule has 2 N–H and O–H groups in total. The van der Waals surface area contributed by atoms with Crippen LogP contribution in [-0.2, 0) is 15.4 Å². The molecule has 0 amide bonds. The van der Waals surface area contributed by atoms with E-state index < -0.39 is 15.4 Å². The van der Waals surface area contributed by atoms with Gasteiger partial charge in [-0.2, -0.15) is 4.98 Å². The molecule has 1 fully saturated rings. The van der Waals surface area contributed by atoms with Gasteiger partial charge in [0, 0.05) is 11.8 Å². The largest absolute Gasteiger partial charge is 0.334 e. The SMILES string of the molecule is Cc1ccc(-c2nc(C3(N)CCCC3)no2)cc1S(C)(=O)=O.Cl. The molecule has 2 aromatic rings. The molecule has 0 bridgehead atoms. The van der Waals surface area contributed by atoms with Gasteiger partial charge in [-0.3, -0.25) is 0 Å². The van der Waals surface area contributed by atoms with Crippen molar-refractivity contribution < 1.29 is 12.9 Å². The van der Waals surface area contributed by atoms with Gasteiger partial charge in [0.25, 0.3) is 5.89 Å². The highest BCUT2D eigenvalue weighted by Gasteiger charge is 2.36. The number of sulfone groups is 1. The summed E-state index contributed by atoms with van der Waals surface area (Å²) >= 11 is 0. The molecule has 0 saturated heterocycles. The first-order valence-corrected chi connectivity index (χ1v) is 9.13. The molecule has 0 aliphatic heterocycles. The number of hydrogen-bond donors (Lipinski definition) is 1. The number of aryl methyl sites for hydroxylation is 1. The summed E-state index contributed by atoms with van der Waals surface area (Å²) in [5.74, 6) is 0.804. The van der Waals surface area contributed by atoms with Crippen molar-refractivity contribution in [3.05, 3.63) is 29.6 Å². The van der Waals surface area contributed by atoms with Crippen molar-refractivity contribution in [1.29, 1.82) is 0 Å². The van der Waals surface area contributed by atoms with E-state index in [9.17, 15) is 8.42 Å². The predicted octanol–water partition coefficient (Wildman–Crippen LogP) is 2.60. The maximum absolute atomic E-state index is 11.8. The number of nitrogens with zero attached hydrogens (tertiary/aromatic N) is 2. The Bertz CT molecular complexity index is 811. The zero-order chi connectivity index (χ0) is 16.0. The average molecular weight is 358 g/mol. The molecule has 1 aliphatic carbocycles. The van der Waals surface area contributed by atoms with Crippen molar-refractivity contribution in [2.45, 2.75) is 43.0 Å². The smallest absolute Gasteiger partial charge is 0.258 e. The van der Waals surface area contributed by atoms with Crippen molar-refractivity contribution in [1.82, 2.24) is 10.1 Å². The lowest BCUT2D eigenvalue weighted by molar-refractivity contribution is 0.372. The van der Waals surface area contributed by atoms with Gasteiger partial charge in [0.2, 0.25) is 0 Å². The van der Waals surface area contributed by atoms with Gasteiger partial charge in [-0.25, -0.2) is 8.42 Å². The van der Waals surface area contributed by atoms with Crippen LogP contribution >= 0.6 is 12.4 Å². The topological polar surface area (TPSA) is 99.1 Å². The fourth-order valence-corrected chi connectivity index (χ4v) is 3.90. The highest BCUT2D eigenvalue weighted by molar-refractivity contribution is 7.90. The molecule has 0 atom stereocenters. The Morgan fingerprint density at radius 2 is 1.91 bits per heavy atom. The van der Waals surface area contributed by atoms with Crippen LogP contribution in [0.2, 0.25) is 0 Å². The molecule has 1 aromatic carbocycles. The van der Waals surface area contributed by atoms with E-state index >= 15 is 0 Å². The molecule has 0 unspecified atom stereocenters. The summed E-state index contributed by atoms with van der Waals surface area (Å²) in [4.78, 5) is 4.66. The monoisotopic (exact) mass is 357 g/mol. The fraction of sp³-hybridized carbons (Fsp3) is 0.467. The summed E-state index contributed by atoms with van der Waals surface area (Å²) in [7, 11) is -3.30. The molecule has 1 aliphatic rings. The van der Waals surface area contributed by atoms with E-state index in [0.29, 0.717) is 22.8 Å².